The molecule has 5 rings (SSSR count). The number of nitrogens with zero attached hydrogens (tertiary/aromatic N) is 6. The minimum atomic E-state index is 0.328. The lowest BCUT2D eigenvalue weighted by Crippen LogP contribution is -2.48. The Bertz CT molecular complexity index is 1080. The molecule has 168 valence electrons. The number of aryl methyl sites for hydroxylation is 1. The predicted octanol–water partition coefficient (Wildman–Crippen LogP) is 3.87. The van der Waals surface area contributed by atoms with Gasteiger partial charge in [0.05, 0.1) is 19.0 Å². The number of hydrogen-bond donors (Lipinski definition) is 1. The van der Waals surface area contributed by atoms with Crippen molar-refractivity contribution in [1.29, 1.82) is 0 Å². The van der Waals surface area contributed by atoms with Gasteiger partial charge in [-0.15, -0.1) is 10.2 Å². The molecule has 3 atom stereocenters. The van der Waals surface area contributed by atoms with Gasteiger partial charge in [-0.25, -0.2) is 4.68 Å². The molecular formula is C22H26ClN7O2. The van der Waals surface area contributed by atoms with Gasteiger partial charge in [-0.3, -0.25) is 0 Å². The van der Waals surface area contributed by atoms with E-state index in [9.17, 15) is 0 Å². The fraction of sp³-hybridized carbons (Fsp3) is 0.455. The maximum atomic E-state index is 6.08. The van der Waals surface area contributed by atoms with Crippen molar-refractivity contribution in [1.82, 2.24) is 25.0 Å². The van der Waals surface area contributed by atoms with Crippen molar-refractivity contribution < 1.29 is 9.47 Å². The van der Waals surface area contributed by atoms with Crippen LogP contribution < -0.4 is 19.7 Å². The second-order valence-electron chi connectivity index (χ2n) is 8.22. The van der Waals surface area contributed by atoms with Gasteiger partial charge in [0.25, 0.3) is 0 Å². The molecule has 2 bridgehead atoms. The Morgan fingerprint density at radius 1 is 1.19 bits per heavy atom. The first-order valence-electron chi connectivity index (χ1n) is 10.9. The molecular weight excluding hydrogens is 430 g/mol. The Morgan fingerprint density at radius 2 is 2.00 bits per heavy atom. The first kappa shape index (κ1) is 20.8. The van der Waals surface area contributed by atoms with Crippen LogP contribution in [0.1, 0.15) is 19.8 Å². The van der Waals surface area contributed by atoms with Gasteiger partial charge in [0.1, 0.15) is 5.75 Å². The first-order chi connectivity index (χ1) is 15.6. The molecule has 10 heteroatoms. The molecule has 1 N–H and O–H groups in total. The van der Waals surface area contributed by atoms with E-state index >= 15 is 0 Å². The van der Waals surface area contributed by atoms with Crippen molar-refractivity contribution >= 4 is 23.2 Å². The largest absolute Gasteiger partial charge is 0.480 e. The summed E-state index contributed by atoms with van der Waals surface area (Å²) in [6.07, 6.45) is 4.16. The molecule has 1 unspecified atom stereocenters. The molecule has 1 aliphatic carbocycles. The molecule has 0 radical (unpaired) electrons. The summed E-state index contributed by atoms with van der Waals surface area (Å²) in [6, 6.07) is 10.0. The number of hydrogen-bond acceptors (Lipinski definition) is 8. The molecule has 0 spiro atoms. The zero-order valence-corrected chi connectivity index (χ0v) is 18.9. The molecule has 3 aromatic rings. The van der Waals surface area contributed by atoms with Crippen molar-refractivity contribution in [3.8, 4) is 17.6 Å². The minimum absolute atomic E-state index is 0.328. The molecule has 1 saturated heterocycles. The van der Waals surface area contributed by atoms with Crippen molar-refractivity contribution in [2.24, 2.45) is 11.8 Å². The average molecular weight is 456 g/mol. The quantitative estimate of drug-likeness (QED) is 0.574. The maximum Gasteiger partial charge on any atom is 0.322 e. The van der Waals surface area contributed by atoms with Crippen LogP contribution in [0.2, 0.25) is 5.02 Å². The van der Waals surface area contributed by atoms with Crippen LogP contribution in [0, 0.1) is 11.8 Å². The number of fused-ring (bicyclic) bond motifs is 2. The van der Waals surface area contributed by atoms with E-state index < -0.39 is 0 Å². The highest BCUT2D eigenvalue weighted by Gasteiger charge is 2.42. The third kappa shape index (κ3) is 4.17. The van der Waals surface area contributed by atoms with E-state index in [1.54, 1.807) is 24.1 Å². The highest BCUT2D eigenvalue weighted by atomic mass is 35.5. The number of methoxy groups -OCH3 is 1. The molecule has 2 aromatic heterocycles. The second kappa shape index (κ2) is 8.82. The van der Waals surface area contributed by atoms with Crippen LogP contribution in [0.15, 0.2) is 36.5 Å². The summed E-state index contributed by atoms with van der Waals surface area (Å²) in [5.41, 5.74) is 1.05. The second-order valence-corrected chi connectivity index (χ2v) is 8.66. The maximum absolute atomic E-state index is 6.08. The van der Waals surface area contributed by atoms with Gasteiger partial charge in [0.15, 0.2) is 0 Å². The lowest BCUT2D eigenvalue weighted by molar-refractivity contribution is 0.372. The molecule has 1 aromatic carbocycles. The fourth-order valence-electron chi connectivity index (χ4n) is 4.73. The number of benzene rings is 1. The summed E-state index contributed by atoms with van der Waals surface area (Å²) >= 11 is 6.08. The topological polar surface area (TPSA) is 90.2 Å². The van der Waals surface area contributed by atoms with E-state index in [-0.39, 0.29) is 0 Å². The smallest absolute Gasteiger partial charge is 0.322 e. The number of piperidine rings is 1. The van der Waals surface area contributed by atoms with Crippen LogP contribution in [0.3, 0.4) is 0 Å². The predicted molar refractivity (Wildman–Crippen MR) is 122 cm³/mol. The summed E-state index contributed by atoms with van der Waals surface area (Å²) in [4.78, 5) is 7.00. The van der Waals surface area contributed by atoms with Crippen molar-refractivity contribution in [2.75, 3.05) is 30.4 Å². The molecule has 1 aliphatic heterocycles. The first-order valence-corrected chi connectivity index (χ1v) is 11.3. The number of nitrogens with one attached hydrogen (secondary N) is 1. The third-order valence-electron chi connectivity index (χ3n) is 6.26. The number of aromatic nitrogens is 5. The summed E-state index contributed by atoms with van der Waals surface area (Å²) < 4.78 is 12.9. The van der Waals surface area contributed by atoms with Gasteiger partial charge in [0, 0.05) is 36.8 Å². The number of halogens is 1. The molecule has 32 heavy (non-hydrogen) atoms. The van der Waals surface area contributed by atoms with Gasteiger partial charge in [-0.1, -0.05) is 17.7 Å². The Hall–Kier alpha value is -3.07. The van der Waals surface area contributed by atoms with E-state index in [4.69, 9.17) is 21.1 Å². The SMILES string of the molecule is CCn1nc(NC2[C@@H]3CC[C@H]2CN(c2cnnc(OC)c2)C3)nc1Oc1cccc(Cl)c1. The van der Waals surface area contributed by atoms with Gasteiger partial charge in [-0.05, 0) is 49.8 Å². The standard InChI is InChI=1S/C22H26ClN7O2/c1-3-30-22(32-18-6-4-5-16(23)9-18)26-21(28-30)25-20-14-7-8-15(20)13-29(12-14)17-10-19(31-2)27-24-11-17/h4-6,9-11,14-15,20H,3,7-8,12-13H2,1-2H3,(H,25,28)/t14-,15+,20?. The highest BCUT2D eigenvalue weighted by molar-refractivity contribution is 6.30. The van der Waals surface area contributed by atoms with Crippen LogP contribution in [-0.2, 0) is 6.54 Å². The van der Waals surface area contributed by atoms with E-state index in [0.29, 0.717) is 53.0 Å². The fourth-order valence-corrected chi connectivity index (χ4v) is 4.91. The van der Waals surface area contributed by atoms with Crippen LogP contribution in [0.4, 0.5) is 11.6 Å². The molecule has 3 heterocycles. The van der Waals surface area contributed by atoms with Gasteiger partial charge < -0.3 is 19.7 Å². The lowest BCUT2D eigenvalue weighted by Gasteiger charge is -2.39. The zero-order valence-electron chi connectivity index (χ0n) is 18.1. The van der Waals surface area contributed by atoms with E-state index in [1.165, 1.54) is 12.8 Å². The minimum Gasteiger partial charge on any atom is -0.480 e. The van der Waals surface area contributed by atoms with Crippen LogP contribution in [-0.4, -0.2) is 51.2 Å². The van der Waals surface area contributed by atoms with Crippen LogP contribution in [0.25, 0.3) is 0 Å². The number of anilines is 2. The van der Waals surface area contributed by atoms with E-state index in [0.717, 1.165) is 18.8 Å². The number of ether oxygens (including phenoxy) is 2. The molecule has 2 aliphatic rings. The van der Waals surface area contributed by atoms with E-state index in [2.05, 4.69) is 30.5 Å². The van der Waals surface area contributed by atoms with Gasteiger partial charge in [-0.2, -0.15) is 10.1 Å². The summed E-state index contributed by atoms with van der Waals surface area (Å²) in [7, 11) is 1.61. The van der Waals surface area contributed by atoms with Crippen LogP contribution >= 0.6 is 11.6 Å². The van der Waals surface area contributed by atoms with Gasteiger partial charge >= 0.3 is 6.01 Å². The van der Waals surface area contributed by atoms with E-state index in [1.807, 2.05) is 31.2 Å². The Labute approximate surface area is 191 Å². The van der Waals surface area contributed by atoms with Crippen molar-refractivity contribution in [3.63, 3.8) is 0 Å². The lowest BCUT2D eigenvalue weighted by atomic mass is 9.92. The average Bonchev–Trinajstić information content (AvgIpc) is 3.28. The summed E-state index contributed by atoms with van der Waals surface area (Å²) in [5, 5.41) is 16.9. The Balaban J connectivity index is 1.29. The normalized spacial score (nSPS) is 22.1. The Kier molecular flexibility index (Phi) is 5.73. The Morgan fingerprint density at radius 3 is 2.72 bits per heavy atom. The third-order valence-corrected chi connectivity index (χ3v) is 6.50. The monoisotopic (exact) mass is 455 g/mol. The number of rotatable bonds is 7. The van der Waals surface area contributed by atoms with Gasteiger partial charge in [0.2, 0.25) is 11.8 Å². The molecule has 1 saturated carbocycles. The molecule has 0 amide bonds. The van der Waals surface area contributed by atoms with Crippen molar-refractivity contribution in [3.05, 3.63) is 41.6 Å². The summed E-state index contributed by atoms with van der Waals surface area (Å²) in [6.45, 7) is 4.57. The zero-order chi connectivity index (χ0) is 22.1. The highest BCUT2D eigenvalue weighted by Crippen LogP contribution is 2.40. The van der Waals surface area contributed by atoms with Crippen molar-refractivity contribution in [2.45, 2.75) is 32.4 Å². The molecule has 9 nitrogen and oxygen atoms in total. The summed E-state index contributed by atoms with van der Waals surface area (Å²) in [5.74, 6) is 2.78. The van der Waals surface area contributed by atoms with Crippen LogP contribution in [0.5, 0.6) is 17.6 Å². The molecule has 2 fully saturated rings.